The van der Waals surface area contributed by atoms with E-state index in [1.54, 1.807) is 0 Å². The lowest BCUT2D eigenvalue weighted by Gasteiger charge is -2.11. The summed E-state index contributed by atoms with van der Waals surface area (Å²) < 4.78 is 0. The number of carbonyl (C=O) groups is 1. The Morgan fingerprint density at radius 2 is 2.27 bits per heavy atom. The van der Waals surface area contributed by atoms with Crippen LogP contribution in [0.1, 0.15) is 18.9 Å². The fourth-order valence-electron chi connectivity index (χ4n) is 1.24. The molecular formula is C11H15NO2S. The van der Waals surface area contributed by atoms with Crippen LogP contribution < -0.4 is 5.73 Å². The predicted octanol–water partition coefficient (Wildman–Crippen LogP) is 2.53. The molecule has 0 saturated carbocycles. The number of carboxylic acid groups (broad SMARTS) is 1. The van der Waals surface area contributed by atoms with Crippen LogP contribution in [0.25, 0.3) is 0 Å². The normalized spacial score (nSPS) is 12.4. The predicted molar refractivity (Wildman–Crippen MR) is 63.2 cm³/mol. The van der Waals surface area contributed by atoms with E-state index in [0.717, 1.165) is 10.5 Å². The molecule has 1 rings (SSSR count). The second-order valence-corrected chi connectivity index (χ2v) is 4.64. The number of anilines is 1. The average molecular weight is 225 g/mol. The minimum absolute atomic E-state index is 0.421. The van der Waals surface area contributed by atoms with Gasteiger partial charge in [-0.25, -0.2) is 0 Å². The van der Waals surface area contributed by atoms with E-state index in [4.69, 9.17) is 10.8 Å². The average Bonchev–Trinajstić information content (AvgIpc) is 2.16. The first-order valence-corrected chi connectivity index (χ1v) is 5.68. The van der Waals surface area contributed by atoms with Gasteiger partial charge in [0.2, 0.25) is 0 Å². The lowest BCUT2D eigenvalue weighted by Crippen LogP contribution is -2.14. The largest absolute Gasteiger partial charge is 0.480 e. The highest BCUT2D eigenvalue weighted by Gasteiger charge is 2.17. The monoisotopic (exact) mass is 225 g/mol. The summed E-state index contributed by atoms with van der Waals surface area (Å²) in [5.74, 6) is -0.789. The van der Waals surface area contributed by atoms with E-state index < -0.39 is 11.2 Å². The summed E-state index contributed by atoms with van der Waals surface area (Å²) in [6.07, 6.45) is 0.591. The molecule has 0 saturated heterocycles. The SMILES string of the molecule is CCC(Sc1ccc(C)cc1N)C(=O)O. The highest BCUT2D eigenvalue weighted by atomic mass is 32.2. The lowest BCUT2D eigenvalue weighted by molar-refractivity contribution is -0.136. The van der Waals surface area contributed by atoms with Gasteiger partial charge in [-0.2, -0.15) is 0 Å². The first-order valence-electron chi connectivity index (χ1n) is 4.80. The van der Waals surface area contributed by atoms with E-state index in [2.05, 4.69) is 0 Å². The molecule has 82 valence electrons. The molecule has 0 fully saturated rings. The van der Waals surface area contributed by atoms with Gasteiger partial charge in [-0.05, 0) is 31.0 Å². The molecule has 0 bridgehead atoms. The van der Waals surface area contributed by atoms with Gasteiger partial charge < -0.3 is 10.8 Å². The van der Waals surface area contributed by atoms with E-state index in [1.807, 2.05) is 32.0 Å². The van der Waals surface area contributed by atoms with Crippen molar-refractivity contribution in [2.75, 3.05) is 5.73 Å². The fraction of sp³-hybridized carbons (Fsp3) is 0.364. The maximum Gasteiger partial charge on any atom is 0.316 e. The molecular weight excluding hydrogens is 210 g/mol. The van der Waals surface area contributed by atoms with Crippen LogP contribution in [-0.2, 0) is 4.79 Å². The summed E-state index contributed by atoms with van der Waals surface area (Å²) in [6, 6.07) is 5.67. The Labute approximate surface area is 93.7 Å². The number of thioether (sulfide) groups is 1. The van der Waals surface area contributed by atoms with Gasteiger partial charge in [0.25, 0.3) is 0 Å². The number of hydrogen-bond donors (Lipinski definition) is 2. The third-order valence-corrected chi connectivity index (χ3v) is 3.53. The molecule has 4 heteroatoms. The number of aliphatic carboxylic acids is 1. The van der Waals surface area contributed by atoms with Gasteiger partial charge in [0.05, 0.1) is 0 Å². The molecule has 3 nitrogen and oxygen atoms in total. The van der Waals surface area contributed by atoms with Gasteiger partial charge in [0, 0.05) is 10.6 Å². The zero-order valence-electron chi connectivity index (χ0n) is 8.86. The van der Waals surface area contributed by atoms with Crippen LogP contribution in [0.5, 0.6) is 0 Å². The smallest absolute Gasteiger partial charge is 0.316 e. The minimum atomic E-state index is -0.789. The first-order chi connectivity index (χ1) is 7.04. The van der Waals surface area contributed by atoms with Crippen molar-refractivity contribution in [1.82, 2.24) is 0 Å². The quantitative estimate of drug-likeness (QED) is 0.610. The number of nitrogen functional groups attached to an aromatic ring is 1. The fourth-order valence-corrected chi connectivity index (χ4v) is 2.15. The molecule has 15 heavy (non-hydrogen) atoms. The highest BCUT2D eigenvalue weighted by molar-refractivity contribution is 8.00. The molecule has 0 spiro atoms. The van der Waals surface area contributed by atoms with E-state index in [0.29, 0.717) is 12.1 Å². The van der Waals surface area contributed by atoms with Crippen molar-refractivity contribution in [3.05, 3.63) is 23.8 Å². The van der Waals surface area contributed by atoms with Crippen LogP contribution in [-0.4, -0.2) is 16.3 Å². The highest BCUT2D eigenvalue weighted by Crippen LogP contribution is 2.30. The Morgan fingerprint density at radius 3 is 2.73 bits per heavy atom. The summed E-state index contributed by atoms with van der Waals surface area (Å²) in [4.78, 5) is 11.7. The van der Waals surface area contributed by atoms with Crippen LogP contribution >= 0.6 is 11.8 Å². The van der Waals surface area contributed by atoms with Gasteiger partial charge in [0.1, 0.15) is 5.25 Å². The molecule has 0 heterocycles. The number of carboxylic acids is 1. The summed E-state index contributed by atoms with van der Waals surface area (Å²) in [5.41, 5.74) is 7.55. The molecule has 1 atom stereocenters. The molecule has 0 aliphatic heterocycles. The maximum absolute atomic E-state index is 10.9. The summed E-state index contributed by atoms with van der Waals surface area (Å²) in [5, 5.41) is 8.50. The molecule has 1 unspecified atom stereocenters. The van der Waals surface area contributed by atoms with E-state index in [9.17, 15) is 4.79 Å². The zero-order valence-corrected chi connectivity index (χ0v) is 9.67. The molecule has 0 radical (unpaired) electrons. The standard InChI is InChI=1S/C11H15NO2S/c1-3-9(11(13)14)15-10-5-4-7(2)6-8(10)12/h4-6,9H,3,12H2,1-2H3,(H,13,14). The third-order valence-electron chi connectivity index (χ3n) is 2.08. The van der Waals surface area contributed by atoms with Crippen molar-refractivity contribution in [2.45, 2.75) is 30.4 Å². The number of aryl methyl sites for hydroxylation is 1. The summed E-state index contributed by atoms with van der Waals surface area (Å²) in [6.45, 7) is 3.81. The summed E-state index contributed by atoms with van der Waals surface area (Å²) in [7, 11) is 0. The van der Waals surface area contributed by atoms with Gasteiger partial charge in [-0.1, -0.05) is 13.0 Å². The lowest BCUT2D eigenvalue weighted by atomic mass is 10.2. The van der Waals surface area contributed by atoms with E-state index >= 15 is 0 Å². The summed E-state index contributed by atoms with van der Waals surface area (Å²) >= 11 is 1.31. The van der Waals surface area contributed by atoms with Crippen molar-refractivity contribution >= 4 is 23.4 Å². The Bertz CT molecular complexity index is 366. The van der Waals surface area contributed by atoms with Crippen LogP contribution in [0, 0.1) is 6.92 Å². The second-order valence-electron chi connectivity index (χ2n) is 3.39. The van der Waals surface area contributed by atoms with Gasteiger partial charge in [0.15, 0.2) is 0 Å². The Morgan fingerprint density at radius 1 is 1.60 bits per heavy atom. The van der Waals surface area contributed by atoms with Crippen molar-refractivity contribution in [1.29, 1.82) is 0 Å². The van der Waals surface area contributed by atoms with E-state index in [-0.39, 0.29) is 0 Å². The molecule has 0 amide bonds. The first kappa shape index (κ1) is 11.9. The number of benzene rings is 1. The maximum atomic E-state index is 10.9. The number of hydrogen-bond acceptors (Lipinski definition) is 3. The van der Waals surface area contributed by atoms with Crippen molar-refractivity contribution in [3.63, 3.8) is 0 Å². The Balaban J connectivity index is 2.84. The van der Waals surface area contributed by atoms with Gasteiger partial charge in [-0.3, -0.25) is 4.79 Å². The number of rotatable bonds is 4. The van der Waals surface area contributed by atoms with Crippen molar-refractivity contribution in [2.24, 2.45) is 0 Å². The van der Waals surface area contributed by atoms with Crippen LogP contribution in [0.3, 0.4) is 0 Å². The number of nitrogens with two attached hydrogens (primary N) is 1. The molecule has 0 aromatic heterocycles. The van der Waals surface area contributed by atoms with Crippen molar-refractivity contribution in [3.8, 4) is 0 Å². The molecule has 0 aliphatic rings. The molecule has 1 aromatic rings. The topological polar surface area (TPSA) is 63.3 Å². The second kappa shape index (κ2) is 5.07. The van der Waals surface area contributed by atoms with Crippen LogP contribution in [0.4, 0.5) is 5.69 Å². The van der Waals surface area contributed by atoms with Gasteiger partial charge >= 0.3 is 5.97 Å². The zero-order chi connectivity index (χ0) is 11.4. The third kappa shape index (κ3) is 3.16. The van der Waals surface area contributed by atoms with E-state index in [1.165, 1.54) is 11.8 Å². The molecule has 3 N–H and O–H groups in total. The van der Waals surface area contributed by atoms with Gasteiger partial charge in [-0.15, -0.1) is 11.8 Å². The van der Waals surface area contributed by atoms with Crippen LogP contribution in [0.2, 0.25) is 0 Å². The Hall–Kier alpha value is -1.16. The van der Waals surface area contributed by atoms with Crippen LogP contribution in [0.15, 0.2) is 23.1 Å². The molecule has 1 aromatic carbocycles. The van der Waals surface area contributed by atoms with Crippen molar-refractivity contribution < 1.29 is 9.90 Å². The molecule has 0 aliphatic carbocycles. The Kier molecular flexibility index (Phi) is 4.03. The minimum Gasteiger partial charge on any atom is -0.480 e.